The Balaban J connectivity index is 1.73. The second-order valence-corrected chi connectivity index (χ2v) is 6.09. The number of alkyl halides is 3. The third-order valence-corrected chi connectivity index (χ3v) is 4.11. The lowest BCUT2D eigenvalue weighted by Gasteiger charge is -2.27. The summed E-state index contributed by atoms with van der Waals surface area (Å²) >= 11 is 0. The topological polar surface area (TPSA) is 50.8 Å². The van der Waals surface area contributed by atoms with E-state index in [0.29, 0.717) is 32.1 Å². The van der Waals surface area contributed by atoms with Gasteiger partial charge in [0.15, 0.2) is 0 Å². The van der Waals surface area contributed by atoms with E-state index in [-0.39, 0.29) is 17.8 Å². The van der Waals surface area contributed by atoms with Crippen LogP contribution in [0.1, 0.15) is 11.1 Å². The molecule has 0 radical (unpaired) electrons. The minimum atomic E-state index is -4.53. The van der Waals surface area contributed by atoms with Gasteiger partial charge in [-0.25, -0.2) is 4.79 Å². The standard InChI is InChI=1S/C19H19F3N2O3/c20-19(21,22)17-12-15(23-18(25)27-16-4-2-1-3-5-16)7-6-14(17)13-24-8-10-26-11-9-24/h1-7,12H,8-11,13H2,(H,23,25). The number of hydrogen-bond donors (Lipinski definition) is 1. The van der Waals surface area contributed by atoms with Gasteiger partial charge in [-0.2, -0.15) is 13.2 Å². The number of halogens is 3. The van der Waals surface area contributed by atoms with Crippen molar-refractivity contribution in [3.05, 3.63) is 59.7 Å². The number of anilines is 1. The van der Waals surface area contributed by atoms with Crippen molar-refractivity contribution >= 4 is 11.8 Å². The Labute approximate surface area is 154 Å². The summed E-state index contributed by atoms with van der Waals surface area (Å²) in [4.78, 5) is 13.8. The third kappa shape index (κ3) is 5.45. The number of amides is 1. The summed E-state index contributed by atoms with van der Waals surface area (Å²) in [5, 5.41) is 2.34. The fourth-order valence-electron chi connectivity index (χ4n) is 2.80. The van der Waals surface area contributed by atoms with Gasteiger partial charge in [0.05, 0.1) is 18.8 Å². The van der Waals surface area contributed by atoms with Crippen molar-refractivity contribution in [2.45, 2.75) is 12.7 Å². The smallest absolute Gasteiger partial charge is 0.410 e. The molecule has 5 nitrogen and oxygen atoms in total. The molecule has 0 atom stereocenters. The lowest BCUT2D eigenvalue weighted by Crippen LogP contribution is -2.36. The summed E-state index contributed by atoms with van der Waals surface area (Å²) in [5.74, 6) is 0.301. The Kier molecular flexibility index (Phi) is 5.98. The molecule has 0 bridgehead atoms. The van der Waals surface area contributed by atoms with E-state index in [1.165, 1.54) is 12.1 Å². The van der Waals surface area contributed by atoms with Crippen molar-refractivity contribution in [1.29, 1.82) is 0 Å². The highest BCUT2D eigenvalue weighted by Gasteiger charge is 2.34. The van der Waals surface area contributed by atoms with Crippen molar-refractivity contribution in [3.8, 4) is 5.75 Å². The van der Waals surface area contributed by atoms with Gasteiger partial charge in [-0.1, -0.05) is 24.3 Å². The van der Waals surface area contributed by atoms with Gasteiger partial charge in [-0.15, -0.1) is 0 Å². The zero-order valence-corrected chi connectivity index (χ0v) is 14.5. The highest BCUT2D eigenvalue weighted by molar-refractivity contribution is 5.86. The number of carbonyl (C=O) groups is 1. The molecular formula is C19H19F3N2O3. The first-order valence-corrected chi connectivity index (χ1v) is 8.46. The van der Waals surface area contributed by atoms with Crippen LogP contribution in [0.25, 0.3) is 0 Å². The molecule has 1 aliphatic heterocycles. The number of benzene rings is 2. The molecule has 2 aromatic carbocycles. The maximum Gasteiger partial charge on any atom is 0.417 e. The minimum absolute atomic E-state index is 0.0222. The van der Waals surface area contributed by atoms with Crippen LogP contribution in [0, 0.1) is 0 Å². The van der Waals surface area contributed by atoms with Crippen LogP contribution in [0.15, 0.2) is 48.5 Å². The number of ether oxygens (including phenoxy) is 2. The van der Waals surface area contributed by atoms with Crippen LogP contribution in [0.2, 0.25) is 0 Å². The SMILES string of the molecule is O=C(Nc1ccc(CN2CCOCC2)c(C(F)(F)F)c1)Oc1ccccc1. The van der Waals surface area contributed by atoms with E-state index in [1.54, 1.807) is 30.3 Å². The monoisotopic (exact) mass is 380 g/mol. The van der Waals surface area contributed by atoms with Gasteiger partial charge >= 0.3 is 12.3 Å². The summed E-state index contributed by atoms with van der Waals surface area (Å²) < 4.78 is 50.7. The van der Waals surface area contributed by atoms with Crippen molar-refractivity contribution in [2.24, 2.45) is 0 Å². The Morgan fingerprint density at radius 2 is 1.81 bits per heavy atom. The number of para-hydroxylation sites is 1. The summed E-state index contributed by atoms with van der Waals surface area (Å²) in [6, 6.07) is 12.0. The van der Waals surface area contributed by atoms with Crippen LogP contribution >= 0.6 is 0 Å². The maximum atomic E-state index is 13.5. The number of carbonyl (C=O) groups excluding carboxylic acids is 1. The van der Waals surface area contributed by atoms with Crippen molar-refractivity contribution in [3.63, 3.8) is 0 Å². The summed E-state index contributed by atoms with van der Waals surface area (Å²) in [7, 11) is 0. The van der Waals surface area contributed by atoms with Gasteiger partial charge in [-0.3, -0.25) is 10.2 Å². The number of rotatable bonds is 4. The second-order valence-electron chi connectivity index (χ2n) is 6.09. The zero-order valence-electron chi connectivity index (χ0n) is 14.5. The van der Waals surface area contributed by atoms with E-state index < -0.39 is 17.8 Å². The molecule has 0 spiro atoms. The maximum absolute atomic E-state index is 13.5. The van der Waals surface area contributed by atoms with E-state index in [9.17, 15) is 18.0 Å². The molecule has 1 N–H and O–H groups in total. The molecule has 27 heavy (non-hydrogen) atoms. The van der Waals surface area contributed by atoms with E-state index in [4.69, 9.17) is 9.47 Å². The van der Waals surface area contributed by atoms with Crippen molar-refractivity contribution < 1.29 is 27.4 Å². The van der Waals surface area contributed by atoms with E-state index in [1.807, 2.05) is 4.90 Å². The van der Waals surface area contributed by atoms with Gasteiger partial charge in [0.2, 0.25) is 0 Å². The molecule has 3 rings (SSSR count). The predicted octanol–water partition coefficient (Wildman–Crippen LogP) is 4.15. The first kappa shape index (κ1) is 19.2. The number of nitrogens with one attached hydrogen (secondary N) is 1. The van der Waals surface area contributed by atoms with Gasteiger partial charge in [0.25, 0.3) is 0 Å². The predicted molar refractivity (Wildman–Crippen MR) is 93.6 cm³/mol. The summed E-state index contributed by atoms with van der Waals surface area (Å²) in [6.07, 6.45) is -5.38. The molecule has 8 heteroatoms. The molecule has 1 saturated heterocycles. The summed E-state index contributed by atoms with van der Waals surface area (Å²) in [6.45, 7) is 2.35. The van der Waals surface area contributed by atoms with Crippen LogP contribution in [0.5, 0.6) is 5.75 Å². The zero-order chi connectivity index (χ0) is 19.3. The van der Waals surface area contributed by atoms with Crippen LogP contribution in [0.4, 0.5) is 23.7 Å². The van der Waals surface area contributed by atoms with E-state index in [2.05, 4.69) is 5.32 Å². The van der Waals surface area contributed by atoms with Crippen molar-refractivity contribution in [2.75, 3.05) is 31.6 Å². The molecule has 2 aromatic rings. The molecular weight excluding hydrogens is 361 g/mol. The third-order valence-electron chi connectivity index (χ3n) is 4.11. The quantitative estimate of drug-likeness (QED) is 0.866. The largest absolute Gasteiger partial charge is 0.417 e. The normalized spacial score (nSPS) is 15.4. The molecule has 1 fully saturated rings. The number of hydrogen-bond acceptors (Lipinski definition) is 4. The van der Waals surface area contributed by atoms with Gasteiger partial charge < -0.3 is 9.47 Å². The second kappa shape index (κ2) is 8.41. The molecule has 0 saturated carbocycles. The molecule has 1 aliphatic rings. The molecule has 0 aliphatic carbocycles. The fourth-order valence-corrected chi connectivity index (χ4v) is 2.80. The van der Waals surface area contributed by atoms with Gasteiger partial charge in [0, 0.05) is 25.3 Å². The van der Waals surface area contributed by atoms with Crippen LogP contribution in [-0.2, 0) is 17.5 Å². The molecule has 144 valence electrons. The Morgan fingerprint density at radius 3 is 2.48 bits per heavy atom. The Bertz CT molecular complexity index is 776. The highest BCUT2D eigenvalue weighted by Crippen LogP contribution is 2.34. The highest BCUT2D eigenvalue weighted by atomic mass is 19.4. The van der Waals surface area contributed by atoms with Gasteiger partial charge in [0.1, 0.15) is 5.75 Å². The molecule has 1 heterocycles. The first-order valence-electron chi connectivity index (χ1n) is 8.46. The first-order chi connectivity index (χ1) is 12.9. The average Bonchev–Trinajstić information content (AvgIpc) is 2.64. The Morgan fingerprint density at radius 1 is 1.11 bits per heavy atom. The lowest BCUT2D eigenvalue weighted by molar-refractivity contribution is -0.138. The summed E-state index contributed by atoms with van der Waals surface area (Å²) in [5.41, 5.74) is -0.591. The lowest BCUT2D eigenvalue weighted by atomic mass is 10.0. The van der Waals surface area contributed by atoms with Crippen LogP contribution in [-0.4, -0.2) is 37.3 Å². The number of nitrogens with zero attached hydrogens (tertiary/aromatic N) is 1. The molecule has 0 unspecified atom stereocenters. The van der Waals surface area contributed by atoms with Crippen LogP contribution < -0.4 is 10.1 Å². The minimum Gasteiger partial charge on any atom is -0.410 e. The van der Waals surface area contributed by atoms with Crippen molar-refractivity contribution in [1.82, 2.24) is 4.90 Å². The number of morpholine rings is 1. The van der Waals surface area contributed by atoms with Crippen LogP contribution in [0.3, 0.4) is 0 Å². The molecule has 1 amide bonds. The Hall–Kier alpha value is -2.58. The fraction of sp³-hybridized carbons (Fsp3) is 0.316. The van der Waals surface area contributed by atoms with E-state index in [0.717, 1.165) is 6.07 Å². The average molecular weight is 380 g/mol. The van der Waals surface area contributed by atoms with E-state index >= 15 is 0 Å². The van der Waals surface area contributed by atoms with Gasteiger partial charge in [-0.05, 0) is 29.8 Å². The molecule has 0 aromatic heterocycles.